The van der Waals surface area contributed by atoms with Crippen molar-refractivity contribution in [3.8, 4) is 5.69 Å². The SMILES string of the molecule is CC(c1nnc(SCC(=O)Nc2ccc(C(C)(C)C)cc2)n1-c1ccc(Cl)cc1)N(C)C. The predicted molar refractivity (Wildman–Crippen MR) is 133 cm³/mol. The number of nitrogens with zero attached hydrogens (tertiary/aromatic N) is 4. The Hall–Kier alpha value is -2.35. The standard InChI is InChI=1S/C24H30ClN5OS/c1-16(29(5)6)22-27-28-23(30(22)20-13-9-18(25)10-14-20)32-15-21(31)26-19-11-7-17(8-12-19)24(2,3)4/h7-14,16H,15H2,1-6H3,(H,26,31). The summed E-state index contributed by atoms with van der Waals surface area (Å²) >= 11 is 7.43. The zero-order valence-electron chi connectivity index (χ0n) is 19.4. The molecule has 0 radical (unpaired) electrons. The van der Waals surface area contributed by atoms with Gasteiger partial charge in [-0.2, -0.15) is 0 Å². The lowest BCUT2D eigenvalue weighted by molar-refractivity contribution is -0.113. The molecule has 3 aromatic rings. The van der Waals surface area contributed by atoms with Crippen LogP contribution in [0.25, 0.3) is 5.69 Å². The zero-order valence-corrected chi connectivity index (χ0v) is 21.0. The van der Waals surface area contributed by atoms with E-state index in [4.69, 9.17) is 11.6 Å². The van der Waals surface area contributed by atoms with Crippen molar-refractivity contribution < 1.29 is 4.79 Å². The third-order valence-corrected chi connectivity index (χ3v) is 6.44. The highest BCUT2D eigenvalue weighted by atomic mass is 35.5. The number of carbonyl (C=O) groups excluding carboxylic acids is 1. The van der Waals surface area contributed by atoms with Crippen molar-refractivity contribution in [2.45, 2.75) is 44.3 Å². The number of nitrogens with one attached hydrogen (secondary N) is 1. The van der Waals surface area contributed by atoms with Gasteiger partial charge in [0.05, 0.1) is 11.8 Å². The second kappa shape index (κ2) is 10.1. The lowest BCUT2D eigenvalue weighted by atomic mass is 9.87. The molecule has 3 rings (SSSR count). The van der Waals surface area contributed by atoms with Crippen LogP contribution in [0.15, 0.2) is 53.7 Å². The Morgan fingerprint density at radius 3 is 2.28 bits per heavy atom. The average Bonchev–Trinajstić information content (AvgIpc) is 3.15. The Labute approximate surface area is 199 Å². The first-order chi connectivity index (χ1) is 15.1. The lowest BCUT2D eigenvalue weighted by Crippen LogP contribution is -2.21. The molecular formula is C24H30ClN5OS. The van der Waals surface area contributed by atoms with Crippen LogP contribution in [0, 0.1) is 0 Å². The van der Waals surface area contributed by atoms with Gasteiger partial charge in [0, 0.05) is 16.4 Å². The second-order valence-corrected chi connectivity index (χ2v) is 10.3. The van der Waals surface area contributed by atoms with E-state index >= 15 is 0 Å². The Morgan fingerprint density at radius 2 is 1.72 bits per heavy atom. The van der Waals surface area contributed by atoms with Gasteiger partial charge in [-0.25, -0.2) is 0 Å². The summed E-state index contributed by atoms with van der Waals surface area (Å²) in [6.45, 7) is 8.57. The number of hydrogen-bond acceptors (Lipinski definition) is 5. The molecule has 0 aliphatic rings. The molecule has 0 aliphatic carbocycles. The summed E-state index contributed by atoms with van der Waals surface area (Å²) in [4.78, 5) is 14.7. The Bertz CT molecular complexity index is 1060. The van der Waals surface area contributed by atoms with Crippen molar-refractivity contribution in [3.05, 3.63) is 64.9 Å². The predicted octanol–water partition coefficient (Wildman–Crippen LogP) is 5.57. The molecule has 1 N–H and O–H groups in total. The van der Waals surface area contributed by atoms with E-state index in [1.165, 1.54) is 17.3 Å². The van der Waals surface area contributed by atoms with Gasteiger partial charge in [0.25, 0.3) is 0 Å². The van der Waals surface area contributed by atoms with Gasteiger partial charge in [0.1, 0.15) is 0 Å². The van der Waals surface area contributed by atoms with Crippen LogP contribution in [-0.2, 0) is 10.2 Å². The van der Waals surface area contributed by atoms with Crippen LogP contribution >= 0.6 is 23.4 Å². The van der Waals surface area contributed by atoms with Gasteiger partial charge in [-0.15, -0.1) is 10.2 Å². The molecule has 1 amide bonds. The monoisotopic (exact) mass is 471 g/mol. The Kier molecular flexibility index (Phi) is 7.64. The highest BCUT2D eigenvalue weighted by molar-refractivity contribution is 7.99. The summed E-state index contributed by atoms with van der Waals surface area (Å²) in [7, 11) is 3.99. The number of rotatable bonds is 7. The fourth-order valence-corrected chi connectivity index (χ4v) is 3.97. The highest BCUT2D eigenvalue weighted by Gasteiger charge is 2.21. The van der Waals surface area contributed by atoms with Crippen LogP contribution in [-0.4, -0.2) is 45.4 Å². The van der Waals surface area contributed by atoms with Gasteiger partial charge in [-0.1, -0.05) is 56.3 Å². The molecule has 1 atom stereocenters. The van der Waals surface area contributed by atoms with Crippen LogP contribution < -0.4 is 5.32 Å². The van der Waals surface area contributed by atoms with E-state index in [1.54, 1.807) is 0 Å². The topological polar surface area (TPSA) is 63.1 Å². The zero-order chi connectivity index (χ0) is 23.5. The summed E-state index contributed by atoms with van der Waals surface area (Å²) < 4.78 is 1.98. The molecule has 1 heterocycles. The molecule has 0 aliphatic heterocycles. The number of anilines is 1. The number of hydrogen-bond donors (Lipinski definition) is 1. The van der Waals surface area contributed by atoms with E-state index in [2.05, 4.69) is 60.2 Å². The normalized spacial score (nSPS) is 12.8. The first-order valence-corrected chi connectivity index (χ1v) is 11.8. The third kappa shape index (κ3) is 5.91. The number of carbonyl (C=O) groups is 1. The molecule has 8 heteroatoms. The molecule has 6 nitrogen and oxygen atoms in total. The average molecular weight is 472 g/mol. The Morgan fingerprint density at radius 1 is 1.09 bits per heavy atom. The molecule has 0 saturated heterocycles. The van der Waals surface area contributed by atoms with Crippen molar-refractivity contribution >= 4 is 35.0 Å². The number of amides is 1. The van der Waals surface area contributed by atoms with Gasteiger partial charge >= 0.3 is 0 Å². The minimum atomic E-state index is -0.0913. The molecular weight excluding hydrogens is 442 g/mol. The smallest absolute Gasteiger partial charge is 0.234 e. The van der Waals surface area contributed by atoms with Crippen LogP contribution in [0.5, 0.6) is 0 Å². The van der Waals surface area contributed by atoms with Gasteiger partial charge in [0.15, 0.2) is 11.0 Å². The number of aromatic nitrogens is 3. The summed E-state index contributed by atoms with van der Waals surface area (Å²) in [5.74, 6) is 0.938. The van der Waals surface area contributed by atoms with Crippen molar-refractivity contribution in [2.75, 3.05) is 25.2 Å². The Balaban J connectivity index is 1.75. The second-order valence-electron chi connectivity index (χ2n) is 8.96. The maximum atomic E-state index is 12.6. The summed E-state index contributed by atoms with van der Waals surface area (Å²) in [6, 6.07) is 15.6. The summed E-state index contributed by atoms with van der Waals surface area (Å²) in [5.41, 5.74) is 2.99. The van der Waals surface area contributed by atoms with Crippen LogP contribution in [0.3, 0.4) is 0 Å². The van der Waals surface area contributed by atoms with E-state index in [1.807, 2.05) is 55.1 Å². The third-order valence-electron chi connectivity index (χ3n) is 5.26. The van der Waals surface area contributed by atoms with Crippen molar-refractivity contribution in [2.24, 2.45) is 0 Å². The van der Waals surface area contributed by atoms with E-state index in [9.17, 15) is 4.79 Å². The number of benzene rings is 2. The van der Waals surface area contributed by atoms with E-state index in [-0.39, 0.29) is 23.1 Å². The molecule has 0 spiro atoms. The minimum Gasteiger partial charge on any atom is -0.325 e. The molecule has 0 fully saturated rings. The maximum Gasteiger partial charge on any atom is 0.234 e. The number of thioether (sulfide) groups is 1. The summed E-state index contributed by atoms with van der Waals surface area (Å²) in [6.07, 6.45) is 0. The van der Waals surface area contributed by atoms with Gasteiger partial charge in [0.2, 0.25) is 5.91 Å². The molecule has 0 bridgehead atoms. The molecule has 32 heavy (non-hydrogen) atoms. The molecule has 0 saturated carbocycles. The van der Waals surface area contributed by atoms with E-state index in [0.717, 1.165) is 17.2 Å². The highest BCUT2D eigenvalue weighted by Crippen LogP contribution is 2.28. The first-order valence-electron chi connectivity index (χ1n) is 10.5. The fourth-order valence-electron chi connectivity index (χ4n) is 3.09. The van der Waals surface area contributed by atoms with Gasteiger partial charge < -0.3 is 5.32 Å². The fraction of sp³-hybridized carbons (Fsp3) is 0.375. The molecule has 1 aromatic heterocycles. The lowest BCUT2D eigenvalue weighted by Gasteiger charge is -2.20. The van der Waals surface area contributed by atoms with Crippen LogP contribution in [0.2, 0.25) is 5.02 Å². The van der Waals surface area contributed by atoms with Crippen molar-refractivity contribution in [3.63, 3.8) is 0 Å². The quantitative estimate of drug-likeness (QED) is 0.456. The minimum absolute atomic E-state index is 0.0442. The first kappa shape index (κ1) is 24.3. The van der Waals surface area contributed by atoms with Gasteiger partial charge in [-0.05, 0) is 68.4 Å². The number of halogens is 1. The largest absolute Gasteiger partial charge is 0.325 e. The molecule has 2 aromatic carbocycles. The van der Waals surface area contributed by atoms with Crippen molar-refractivity contribution in [1.82, 2.24) is 19.7 Å². The van der Waals surface area contributed by atoms with Crippen LogP contribution in [0.1, 0.15) is 45.1 Å². The van der Waals surface area contributed by atoms with Gasteiger partial charge in [-0.3, -0.25) is 14.3 Å². The van der Waals surface area contributed by atoms with E-state index < -0.39 is 0 Å². The van der Waals surface area contributed by atoms with Crippen molar-refractivity contribution in [1.29, 1.82) is 0 Å². The maximum absolute atomic E-state index is 12.6. The van der Waals surface area contributed by atoms with Crippen LogP contribution in [0.4, 0.5) is 5.69 Å². The molecule has 1 unspecified atom stereocenters. The molecule has 170 valence electrons. The van der Waals surface area contributed by atoms with E-state index in [0.29, 0.717) is 10.2 Å². The summed E-state index contributed by atoms with van der Waals surface area (Å²) in [5, 5.41) is 13.1.